The summed E-state index contributed by atoms with van der Waals surface area (Å²) in [6, 6.07) is 8.26. The molecule has 0 saturated heterocycles. The number of para-hydroxylation sites is 1. The third-order valence-electron chi connectivity index (χ3n) is 3.44. The van der Waals surface area contributed by atoms with E-state index in [1.165, 1.54) is 5.56 Å². The second-order valence-electron chi connectivity index (χ2n) is 4.79. The Morgan fingerprint density at radius 1 is 1.25 bits per heavy atom. The summed E-state index contributed by atoms with van der Waals surface area (Å²) in [5, 5.41) is 8.09. The van der Waals surface area contributed by atoms with Gasteiger partial charge in [0.1, 0.15) is 5.75 Å². The van der Waals surface area contributed by atoms with Crippen molar-refractivity contribution in [3.05, 3.63) is 47.3 Å². The Morgan fingerprint density at radius 2 is 2.00 bits per heavy atom. The van der Waals surface area contributed by atoms with Crippen LogP contribution in [0.4, 0.5) is 0 Å². The Bertz CT molecular complexity index is 563. The second kappa shape index (κ2) is 6.57. The van der Waals surface area contributed by atoms with Gasteiger partial charge in [0.05, 0.1) is 18.8 Å². The van der Waals surface area contributed by atoms with Crippen LogP contribution in [0.3, 0.4) is 0 Å². The van der Waals surface area contributed by atoms with E-state index in [4.69, 9.17) is 4.74 Å². The molecule has 0 aliphatic carbocycles. The smallest absolute Gasteiger partial charge is 0.123 e. The van der Waals surface area contributed by atoms with Gasteiger partial charge in [-0.3, -0.25) is 4.68 Å². The fourth-order valence-electron chi connectivity index (χ4n) is 2.57. The first-order chi connectivity index (χ1) is 9.71. The molecule has 2 rings (SSSR count). The summed E-state index contributed by atoms with van der Waals surface area (Å²) < 4.78 is 7.39. The molecule has 4 nitrogen and oxygen atoms in total. The molecule has 0 amide bonds. The van der Waals surface area contributed by atoms with Crippen molar-refractivity contribution in [1.29, 1.82) is 0 Å². The Morgan fingerprint density at radius 3 is 2.65 bits per heavy atom. The average Bonchev–Trinajstić information content (AvgIpc) is 2.85. The first kappa shape index (κ1) is 14.6. The van der Waals surface area contributed by atoms with Crippen LogP contribution in [0.15, 0.2) is 30.5 Å². The molecule has 0 saturated carbocycles. The number of hydrogen-bond acceptors (Lipinski definition) is 3. The Kier molecular flexibility index (Phi) is 4.79. The van der Waals surface area contributed by atoms with Gasteiger partial charge in [0.25, 0.3) is 0 Å². The van der Waals surface area contributed by atoms with E-state index in [0.717, 1.165) is 30.0 Å². The number of hydrogen-bond donors (Lipinski definition) is 1. The van der Waals surface area contributed by atoms with Crippen molar-refractivity contribution in [3.8, 4) is 5.75 Å². The fourth-order valence-corrected chi connectivity index (χ4v) is 2.57. The Hall–Kier alpha value is -1.81. The topological polar surface area (TPSA) is 39.1 Å². The van der Waals surface area contributed by atoms with Crippen molar-refractivity contribution in [2.24, 2.45) is 7.05 Å². The summed E-state index contributed by atoms with van der Waals surface area (Å²) in [5.41, 5.74) is 3.50. The first-order valence-corrected chi connectivity index (χ1v) is 7.09. The van der Waals surface area contributed by atoms with Crippen molar-refractivity contribution in [2.45, 2.75) is 26.3 Å². The summed E-state index contributed by atoms with van der Waals surface area (Å²) in [7, 11) is 3.68. The summed E-state index contributed by atoms with van der Waals surface area (Å²) in [6.45, 7) is 5.14. The molecular weight excluding hydrogens is 250 g/mol. The molecule has 1 heterocycles. The molecule has 1 unspecified atom stereocenters. The monoisotopic (exact) mass is 273 g/mol. The molecule has 108 valence electrons. The summed E-state index contributed by atoms with van der Waals surface area (Å²) >= 11 is 0. The van der Waals surface area contributed by atoms with Gasteiger partial charge in [-0.25, -0.2) is 0 Å². The molecule has 2 aromatic rings. The molecule has 4 heteroatoms. The number of benzene rings is 1. The Balaban J connectivity index is 2.50. The van der Waals surface area contributed by atoms with Gasteiger partial charge in [0.15, 0.2) is 0 Å². The van der Waals surface area contributed by atoms with Crippen molar-refractivity contribution in [2.75, 3.05) is 13.7 Å². The third kappa shape index (κ3) is 2.85. The summed E-state index contributed by atoms with van der Waals surface area (Å²) in [5.74, 6) is 0.907. The maximum atomic E-state index is 5.51. The zero-order chi connectivity index (χ0) is 14.5. The van der Waals surface area contributed by atoms with Crippen LogP contribution in [-0.4, -0.2) is 23.4 Å². The van der Waals surface area contributed by atoms with Gasteiger partial charge in [-0.2, -0.15) is 5.10 Å². The highest BCUT2D eigenvalue weighted by Gasteiger charge is 2.21. The van der Waals surface area contributed by atoms with Gasteiger partial charge < -0.3 is 10.1 Å². The van der Waals surface area contributed by atoms with Crippen LogP contribution in [0.1, 0.15) is 36.7 Å². The average molecular weight is 273 g/mol. The number of nitrogens with one attached hydrogen (secondary N) is 1. The second-order valence-corrected chi connectivity index (χ2v) is 4.79. The lowest BCUT2D eigenvalue weighted by Crippen LogP contribution is -2.23. The predicted molar refractivity (Wildman–Crippen MR) is 81.1 cm³/mol. The lowest BCUT2D eigenvalue weighted by Gasteiger charge is -2.20. The third-order valence-corrected chi connectivity index (χ3v) is 3.44. The van der Waals surface area contributed by atoms with Gasteiger partial charge in [0, 0.05) is 24.4 Å². The van der Waals surface area contributed by atoms with E-state index in [2.05, 4.69) is 36.5 Å². The molecule has 0 aliphatic heterocycles. The molecule has 20 heavy (non-hydrogen) atoms. The predicted octanol–water partition coefficient (Wildman–Crippen LogP) is 2.69. The normalized spacial score (nSPS) is 12.4. The van der Waals surface area contributed by atoms with Crippen LogP contribution >= 0.6 is 0 Å². The number of methoxy groups -OCH3 is 1. The molecular formula is C16H23N3O. The van der Waals surface area contributed by atoms with Crippen molar-refractivity contribution in [1.82, 2.24) is 15.1 Å². The highest BCUT2D eigenvalue weighted by Crippen LogP contribution is 2.31. The number of aromatic nitrogens is 2. The zero-order valence-corrected chi connectivity index (χ0v) is 12.7. The minimum absolute atomic E-state index is 0.111. The van der Waals surface area contributed by atoms with Crippen molar-refractivity contribution < 1.29 is 4.74 Å². The van der Waals surface area contributed by atoms with E-state index in [-0.39, 0.29) is 6.04 Å². The standard InChI is InChI=1S/C16H23N3O/c1-5-14-13(11-19(3)18-14)16(17-6-2)12-9-7-8-10-15(12)20-4/h7-11,16-17H,5-6H2,1-4H3. The number of nitrogens with zero attached hydrogens (tertiary/aromatic N) is 2. The number of ether oxygens (including phenoxy) is 1. The van der Waals surface area contributed by atoms with Crippen molar-refractivity contribution in [3.63, 3.8) is 0 Å². The molecule has 0 radical (unpaired) electrons. The van der Waals surface area contributed by atoms with Crippen LogP contribution in [0.25, 0.3) is 0 Å². The van der Waals surface area contributed by atoms with Crippen LogP contribution < -0.4 is 10.1 Å². The molecule has 1 N–H and O–H groups in total. The molecule has 0 fully saturated rings. The summed E-state index contributed by atoms with van der Waals surface area (Å²) in [4.78, 5) is 0. The molecule has 1 aromatic heterocycles. The van der Waals surface area contributed by atoms with E-state index in [1.54, 1.807) is 7.11 Å². The lowest BCUT2D eigenvalue weighted by atomic mass is 9.97. The largest absolute Gasteiger partial charge is 0.496 e. The zero-order valence-electron chi connectivity index (χ0n) is 12.7. The quantitative estimate of drug-likeness (QED) is 0.879. The highest BCUT2D eigenvalue weighted by atomic mass is 16.5. The van der Waals surface area contributed by atoms with E-state index in [9.17, 15) is 0 Å². The SMILES string of the molecule is CCNC(c1ccccc1OC)c1cn(C)nc1CC. The molecule has 1 atom stereocenters. The van der Waals surface area contributed by atoms with E-state index < -0.39 is 0 Å². The van der Waals surface area contributed by atoms with Gasteiger partial charge in [-0.1, -0.05) is 32.0 Å². The van der Waals surface area contributed by atoms with Gasteiger partial charge in [-0.05, 0) is 19.0 Å². The van der Waals surface area contributed by atoms with Gasteiger partial charge in [-0.15, -0.1) is 0 Å². The van der Waals surface area contributed by atoms with Gasteiger partial charge >= 0.3 is 0 Å². The molecule has 0 bridgehead atoms. The fraction of sp³-hybridized carbons (Fsp3) is 0.438. The van der Waals surface area contributed by atoms with E-state index in [0.29, 0.717) is 0 Å². The van der Waals surface area contributed by atoms with Crippen LogP contribution in [0, 0.1) is 0 Å². The molecule has 1 aromatic carbocycles. The molecule has 0 aliphatic rings. The number of rotatable bonds is 6. The van der Waals surface area contributed by atoms with E-state index in [1.807, 2.05) is 29.9 Å². The van der Waals surface area contributed by atoms with Gasteiger partial charge in [0.2, 0.25) is 0 Å². The van der Waals surface area contributed by atoms with Crippen LogP contribution in [0.2, 0.25) is 0 Å². The van der Waals surface area contributed by atoms with Crippen LogP contribution in [-0.2, 0) is 13.5 Å². The maximum absolute atomic E-state index is 5.51. The lowest BCUT2D eigenvalue weighted by molar-refractivity contribution is 0.404. The van der Waals surface area contributed by atoms with E-state index >= 15 is 0 Å². The Labute approximate surface area is 120 Å². The summed E-state index contributed by atoms with van der Waals surface area (Å²) in [6.07, 6.45) is 3.02. The van der Waals surface area contributed by atoms with Crippen molar-refractivity contribution >= 4 is 0 Å². The number of aryl methyl sites for hydroxylation is 2. The minimum atomic E-state index is 0.111. The first-order valence-electron chi connectivity index (χ1n) is 7.09. The molecule has 0 spiro atoms. The maximum Gasteiger partial charge on any atom is 0.123 e. The highest BCUT2D eigenvalue weighted by molar-refractivity contribution is 5.42. The van der Waals surface area contributed by atoms with Crippen LogP contribution in [0.5, 0.6) is 5.75 Å². The minimum Gasteiger partial charge on any atom is -0.496 e.